The first-order valence-electron chi connectivity index (χ1n) is 20.1. The first-order valence-corrected chi connectivity index (χ1v) is 20.1. The average Bonchev–Trinajstić information content (AvgIpc) is 3.15. The van der Waals surface area contributed by atoms with Gasteiger partial charge in [-0.05, 0) is 57.1 Å². The maximum atomic E-state index is 12.7. The largest absolute Gasteiger partial charge is 0.493 e. The predicted molar refractivity (Wildman–Crippen MR) is 231 cm³/mol. The van der Waals surface area contributed by atoms with Gasteiger partial charge in [-0.2, -0.15) is 0 Å². The van der Waals surface area contributed by atoms with E-state index in [-0.39, 0.29) is 70.9 Å². The molecule has 0 fully saturated rings. The van der Waals surface area contributed by atoms with Crippen LogP contribution in [0.1, 0.15) is 124 Å². The number of non-ortho nitro benzene ring substituents is 2. The number of nitrogens with zero attached hydrogens (tertiary/aromatic N) is 2. The van der Waals surface area contributed by atoms with Crippen LogP contribution in [0.25, 0.3) is 0 Å². The van der Waals surface area contributed by atoms with Gasteiger partial charge < -0.3 is 18.9 Å². The first-order chi connectivity index (χ1) is 27.5. The summed E-state index contributed by atoms with van der Waals surface area (Å²) in [5.74, 6) is 2.35. The van der Waals surface area contributed by atoms with Crippen LogP contribution in [0.5, 0.6) is 23.0 Å². The molecule has 4 aromatic rings. The Balaban J connectivity index is 2.00. The molecular formula is C48H58N2O8. The van der Waals surface area contributed by atoms with Crippen molar-refractivity contribution in [3.63, 3.8) is 0 Å². The van der Waals surface area contributed by atoms with E-state index in [9.17, 15) is 20.2 Å². The number of fused-ring (bicyclic) bond motifs is 8. The topological polar surface area (TPSA) is 123 Å². The third-order valence-corrected chi connectivity index (χ3v) is 10.2. The minimum atomic E-state index is -0.357. The fourth-order valence-corrected chi connectivity index (χ4v) is 7.36. The lowest BCUT2D eigenvalue weighted by Gasteiger charge is -2.27. The molecule has 0 saturated heterocycles. The number of benzene rings is 4. The zero-order valence-electron chi connectivity index (χ0n) is 35.4. The molecule has 4 aromatic carbocycles. The minimum Gasteiger partial charge on any atom is -0.493 e. The number of nitro groups is 2. The molecule has 8 bridgehead atoms. The van der Waals surface area contributed by atoms with Crippen molar-refractivity contribution in [1.82, 2.24) is 0 Å². The van der Waals surface area contributed by atoms with Crippen molar-refractivity contribution < 1.29 is 28.8 Å². The summed E-state index contributed by atoms with van der Waals surface area (Å²) in [5, 5.41) is 25.4. The van der Waals surface area contributed by atoms with Crippen molar-refractivity contribution in [2.45, 2.75) is 105 Å². The Morgan fingerprint density at radius 3 is 1.00 bits per heavy atom. The molecule has 0 aliphatic heterocycles. The van der Waals surface area contributed by atoms with Gasteiger partial charge in [0, 0.05) is 72.2 Å². The number of ether oxygens (including phenoxy) is 4. The van der Waals surface area contributed by atoms with Gasteiger partial charge in [-0.3, -0.25) is 20.2 Å². The monoisotopic (exact) mass is 790 g/mol. The molecule has 0 aromatic heterocycles. The summed E-state index contributed by atoms with van der Waals surface area (Å²) < 4.78 is 26.2. The van der Waals surface area contributed by atoms with Gasteiger partial charge in [0.2, 0.25) is 0 Å². The number of nitro benzene ring substituents is 2. The molecule has 0 saturated carbocycles. The van der Waals surface area contributed by atoms with Gasteiger partial charge in [-0.1, -0.05) is 105 Å². The molecule has 0 unspecified atom stereocenters. The van der Waals surface area contributed by atoms with Crippen LogP contribution in [0.4, 0.5) is 11.4 Å². The summed E-state index contributed by atoms with van der Waals surface area (Å²) in [4.78, 5) is 24.6. The first kappa shape index (κ1) is 43.5. The van der Waals surface area contributed by atoms with Crippen molar-refractivity contribution in [3.05, 3.63) is 150 Å². The SMILES string of the molecule is C=CCOc1c2cc([N+](=O)[O-])cc1Cc1cc(C(C)(C)C)cc(c1OCCC)Cc1cc([N+](=O)[O-])cc(c1OCC=C)Cc1cc(C(C)(C)C)cc(c1OCCC)C2. The molecule has 58 heavy (non-hydrogen) atoms. The smallest absolute Gasteiger partial charge is 0.270 e. The zero-order valence-corrected chi connectivity index (χ0v) is 35.4. The van der Waals surface area contributed by atoms with E-state index in [1.807, 2.05) is 13.8 Å². The Kier molecular flexibility index (Phi) is 13.7. The minimum absolute atomic E-state index is 0.0465. The molecule has 1 aliphatic carbocycles. The second kappa shape index (κ2) is 18.3. The lowest BCUT2D eigenvalue weighted by atomic mass is 9.81. The van der Waals surface area contributed by atoms with Gasteiger partial charge in [0.25, 0.3) is 11.4 Å². The van der Waals surface area contributed by atoms with Crippen LogP contribution in [-0.4, -0.2) is 36.3 Å². The standard InChI is InChI=1S/C48H58N2O8/c1-11-15-55-43-31-19-35-27-41(49(51)52)29-37(45(35)57-17-13-3)21-33-25-40(48(8,9)10)26-34(44(33)56-16-12-2)22-38-30-42(50(53)54)28-36(46(38)58-18-14-4)20-32(43)24-39(23-31)47(5,6)7/h13-14,23-30H,3-4,11-12,15-22H2,1-2,5-10H3. The summed E-state index contributed by atoms with van der Waals surface area (Å²) in [5.41, 5.74) is 7.14. The van der Waals surface area contributed by atoms with E-state index in [1.54, 1.807) is 36.4 Å². The lowest BCUT2D eigenvalue weighted by molar-refractivity contribution is -0.385. The summed E-state index contributed by atoms with van der Waals surface area (Å²) in [7, 11) is 0. The quantitative estimate of drug-likeness (QED) is 0.0619. The summed E-state index contributed by atoms with van der Waals surface area (Å²) >= 11 is 0. The fourth-order valence-electron chi connectivity index (χ4n) is 7.36. The van der Waals surface area contributed by atoms with Crippen LogP contribution in [0.15, 0.2) is 73.8 Å². The predicted octanol–water partition coefficient (Wildman–Crippen LogP) is 11.5. The van der Waals surface area contributed by atoms with E-state index >= 15 is 0 Å². The lowest BCUT2D eigenvalue weighted by Crippen LogP contribution is -2.16. The Morgan fingerprint density at radius 1 is 0.517 bits per heavy atom. The molecule has 10 heteroatoms. The van der Waals surface area contributed by atoms with Crippen LogP contribution in [0, 0.1) is 20.2 Å². The van der Waals surface area contributed by atoms with Crippen LogP contribution in [0.3, 0.4) is 0 Å². The normalized spacial score (nSPS) is 12.7. The third kappa shape index (κ3) is 10.1. The highest BCUT2D eigenvalue weighted by atomic mass is 16.6. The van der Waals surface area contributed by atoms with E-state index in [2.05, 4.69) is 79.0 Å². The molecule has 0 N–H and O–H groups in total. The Labute approximate surface area is 343 Å². The molecule has 1 aliphatic rings. The van der Waals surface area contributed by atoms with Gasteiger partial charge in [-0.25, -0.2) is 0 Å². The molecule has 10 nitrogen and oxygen atoms in total. The summed E-state index contributed by atoms with van der Waals surface area (Å²) in [6, 6.07) is 14.8. The Hall–Kier alpha value is -5.64. The maximum Gasteiger partial charge on any atom is 0.270 e. The van der Waals surface area contributed by atoms with E-state index in [4.69, 9.17) is 18.9 Å². The third-order valence-electron chi connectivity index (χ3n) is 10.2. The van der Waals surface area contributed by atoms with Crippen molar-refractivity contribution in [2.75, 3.05) is 26.4 Å². The van der Waals surface area contributed by atoms with Crippen LogP contribution in [-0.2, 0) is 36.5 Å². The van der Waals surface area contributed by atoms with Gasteiger partial charge in [0.05, 0.1) is 23.1 Å². The van der Waals surface area contributed by atoms with Gasteiger partial charge in [0.1, 0.15) is 36.2 Å². The van der Waals surface area contributed by atoms with E-state index in [0.717, 1.165) is 46.2 Å². The molecule has 308 valence electrons. The van der Waals surface area contributed by atoms with Crippen LogP contribution >= 0.6 is 0 Å². The molecule has 0 amide bonds. The van der Waals surface area contributed by atoms with Crippen LogP contribution in [0.2, 0.25) is 0 Å². The zero-order chi connectivity index (χ0) is 42.4. The Morgan fingerprint density at radius 2 is 0.776 bits per heavy atom. The number of rotatable bonds is 14. The van der Waals surface area contributed by atoms with Crippen molar-refractivity contribution >= 4 is 11.4 Å². The fraction of sp³-hybridized carbons (Fsp3) is 0.417. The summed E-state index contributed by atoms with van der Waals surface area (Å²) in [6.45, 7) is 25.8. The van der Waals surface area contributed by atoms with Crippen molar-refractivity contribution in [2.24, 2.45) is 0 Å². The van der Waals surface area contributed by atoms with E-state index in [0.29, 0.717) is 58.5 Å². The van der Waals surface area contributed by atoms with Crippen molar-refractivity contribution in [1.29, 1.82) is 0 Å². The highest BCUT2D eigenvalue weighted by Gasteiger charge is 2.29. The Bertz CT molecular complexity index is 1940. The highest BCUT2D eigenvalue weighted by Crippen LogP contribution is 2.44. The van der Waals surface area contributed by atoms with E-state index < -0.39 is 0 Å². The molecule has 0 spiro atoms. The summed E-state index contributed by atoms with van der Waals surface area (Å²) in [6.07, 6.45) is 5.82. The number of hydrogen-bond donors (Lipinski definition) is 0. The second-order valence-corrected chi connectivity index (χ2v) is 17.1. The molecule has 0 atom stereocenters. The van der Waals surface area contributed by atoms with Gasteiger partial charge >= 0.3 is 0 Å². The molecular weight excluding hydrogens is 733 g/mol. The molecule has 5 rings (SSSR count). The second-order valence-electron chi connectivity index (χ2n) is 17.1. The van der Waals surface area contributed by atoms with Gasteiger partial charge in [-0.15, -0.1) is 0 Å². The molecule has 0 heterocycles. The van der Waals surface area contributed by atoms with Crippen LogP contribution < -0.4 is 18.9 Å². The van der Waals surface area contributed by atoms with Crippen molar-refractivity contribution in [3.8, 4) is 23.0 Å². The van der Waals surface area contributed by atoms with E-state index in [1.165, 1.54) is 0 Å². The number of hydrogen-bond acceptors (Lipinski definition) is 8. The molecule has 0 radical (unpaired) electrons. The van der Waals surface area contributed by atoms with Gasteiger partial charge in [0.15, 0.2) is 0 Å². The highest BCUT2D eigenvalue weighted by molar-refractivity contribution is 5.61. The average molecular weight is 791 g/mol. The maximum absolute atomic E-state index is 12.7.